The molecule has 6 heteroatoms. The van der Waals surface area contributed by atoms with Crippen LogP contribution in [-0.2, 0) is 0 Å². The smallest absolute Gasteiger partial charge is 0.210 e. The van der Waals surface area contributed by atoms with Crippen molar-refractivity contribution in [3.05, 3.63) is 65.2 Å². The lowest BCUT2D eigenvalue weighted by Gasteiger charge is -2.10. The highest BCUT2D eigenvalue weighted by Gasteiger charge is 2.16. The van der Waals surface area contributed by atoms with Gasteiger partial charge in [0.2, 0.25) is 5.16 Å². The lowest BCUT2D eigenvalue weighted by molar-refractivity contribution is 0.844. The van der Waals surface area contributed by atoms with Crippen molar-refractivity contribution in [2.75, 3.05) is 5.84 Å². The normalized spacial score (nSPS) is 12.3. The summed E-state index contributed by atoms with van der Waals surface area (Å²) in [5.74, 6) is 6.74. The van der Waals surface area contributed by atoms with Crippen LogP contribution in [0.1, 0.15) is 17.7 Å². The number of nitrogen functional groups attached to an aromatic ring is 1. The fourth-order valence-corrected chi connectivity index (χ4v) is 3.22. The number of hydrogen-bond donors (Lipinski definition) is 1. The van der Waals surface area contributed by atoms with Gasteiger partial charge < -0.3 is 5.84 Å². The van der Waals surface area contributed by atoms with Crippen molar-refractivity contribution >= 4 is 23.4 Å². The zero-order valence-electron chi connectivity index (χ0n) is 12.0. The topological polar surface area (TPSA) is 56.7 Å². The first-order valence-corrected chi connectivity index (χ1v) is 8.09. The monoisotopic (exact) mass is 330 g/mol. The molecule has 3 rings (SSSR count). The van der Waals surface area contributed by atoms with Crippen LogP contribution in [0.3, 0.4) is 0 Å². The Hall–Kier alpha value is -1.98. The van der Waals surface area contributed by atoms with E-state index in [4.69, 9.17) is 17.4 Å². The first-order valence-electron chi connectivity index (χ1n) is 6.83. The fourth-order valence-electron chi connectivity index (χ4n) is 2.13. The van der Waals surface area contributed by atoms with E-state index in [-0.39, 0.29) is 5.25 Å². The van der Waals surface area contributed by atoms with Crippen molar-refractivity contribution in [3.63, 3.8) is 0 Å². The van der Waals surface area contributed by atoms with E-state index in [1.807, 2.05) is 42.5 Å². The van der Waals surface area contributed by atoms with E-state index in [1.54, 1.807) is 11.8 Å². The predicted octanol–water partition coefficient (Wildman–Crippen LogP) is 4.17. The molecule has 112 valence electrons. The van der Waals surface area contributed by atoms with Gasteiger partial charge in [0.15, 0.2) is 5.82 Å². The van der Waals surface area contributed by atoms with Crippen LogP contribution in [-0.4, -0.2) is 14.9 Å². The minimum absolute atomic E-state index is 0.236. The second-order valence-electron chi connectivity index (χ2n) is 4.86. The third kappa shape index (κ3) is 3.10. The van der Waals surface area contributed by atoms with E-state index in [9.17, 15) is 0 Å². The zero-order valence-corrected chi connectivity index (χ0v) is 13.6. The number of hydrogen-bond acceptors (Lipinski definition) is 4. The van der Waals surface area contributed by atoms with Gasteiger partial charge in [0.25, 0.3) is 0 Å². The Balaban J connectivity index is 1.85. The highest BCUT2D eigenvalue weighted by Crippen LogP contribution is 2.34. The molecular formula is C16H15ClN4S. The van der Waals surface area contributed by atoms with Crippen molar-refractivity contribution in [3.8, 4) is 11.4 Å². The molecule has 0 radical (unpaired) electrons. The number of nitrogens with two attached hydrogens (primary N) is 1. The minimum atomic E-state index is 0.236. The lowest BCUT2D eigenvalue weighted by Crippen LogP contribution is -2.12. The Morgan fingerprint density at radius 2 is 1.86 bits per heavy atom. The van der Waals surface area contributed by atoms with Gasteiger partial charge in [-0.1, -0.05) is 65.8 Å². The van der Waals surface area contributed by atoms with E-state index < -0.39 is 0 Å². The van der Waals surface area contributed by atoms with Crippen molar-refractivity contribution in [2.45, 2.75) is 17.3 Å². The molecule has 1 heterocycles. The van der Waals surface area contributed by atoms with Gasteiger partial charge in [0.1, 0.15) is 0 Å². The van der Waals surface area contributed by atoms with E-state index in [0.717, 1.165) is 5.56 Å². The lowest BCUT2D eigenvalue weighted by atomic mass is 10.2. The van der Waals surface area contributed by atoms with Crippen LogP contribution in [0, 0.1) is 0 Å². The molecule has 0 spiro atoms. The largest absolute Gasteiger partial charge is 0.335 e. The third-order valence-corrected chi connectivity index (χ3v) is 4.65. The Morgan fingerprint density at radius 3 is 2.59 bits per heavy atom. The SMILES string of the molecule is CC(Sc1nnc(-c2cccc(Cl)c2)n1N)c1ccccc1. The summed E-state index contributed by atoms with van der Waals surface area (Å²) < 4.78 is 1.51. The van der Waals surface area contributed by atoms with E-state index in [2.05, 4.69) is 29.3 Å². The van der Waals surface area contributed by atoms with Gasteiger partial charge in [-0.15, -0.1) is 10.2 Å². The van der Waals surface area contributed by atoms with Gasteiger partial charge in [0, 0.05) is 15.8 Å². The van der Waals surface area contributed by atoms with Crippen molar-refractivity contribution < 1.29 is 0 Å². The highest BCUT2D eigenvalue weighted by atomic mass is 35.5. The van der Waals surface area contributed by atoms with Gasteiger partial charge >= 0.3 is 0 Å². The highest BCUT2D eigenvalue weighted by molar-refractivity contribution is 7.99. The van der Waals surface area contributed by atoms with Crippen LogP contribution in [0.4, 0.5) is 0 Å². The van der Waals surface area contributed by atoms with Gasteiger partial charge in [-0.2, -0.15) is 0 Å². The summed E-state index contributed by atoms with van der Waals surface area (Å²) in [5.41, 5.74) is 2.07. The molecule has 2 N–H and O–H groups in total. The summed E-state index contributed by atoms with van der Waals surface area (Å²) >= 11 is 7.59. The maximum absolute atomic E-state index is 6.14. The number of nitrogens with zero attached hydrogens (tertiary/aromatic N) is 3. The van der Waals surface area contributed by atoms with Crippen molar-refractivity contribution in [2.24, 2.45) is 0 Å². The summed E-state index contributed by atoms with van der Waals surface area (Å²) in [6, 6.07) is 17.6. The molecule has 3 aromatic rings. The summed E-state index contributed by atoms with van der Waals surface area (Å²) in [6.45, 7) is 2.12. The molecule has 0 saturated carbocycles. The van der Waals surface area contributed by atoms with Crippen LogP contribution >= 0.6 is 23.4 Å². The van der Waals surface area contributed by atoms with Crippen LogP contribution in [0.15, 0.2) is 59.8 Å². The maximum atomic E-state index is 6.14. The Morgan fingerprint density at radius 1 is 1.09 bits per heavy atom. The first kappa shape index (κ1) is 14.9. The van der Waals surface area contributed by atoms with Crippen molar-refractivity contribution in [1.29, 1.82) is 0 Å². The molecular weight excluding hydrogens is 316 g/mol. The Kier molecular flexibility index (Phi) is 4.36. The molecule has 2 aromatic carbocycles. The third-order valence-electron chi connectivity index (χ3n) is 3.30. The van der Waals surface area contributed by atoms with Crippen molar-refractivity contribution in [1.82, 2.24) is 14.9 Å². The standard InChI is InChI=1S/C16H15ClN4S/c1-11(12-6-3-2-4-7-12)22-16-20-19-15(21(16)18)13-8-5-9-14(17)10-13/h2-11H,18H2,1H3. The van der Waals surface area contributed by atoms with E-state index >= 15 is 0 Å². The molecule has 0 aliphatic rings. The quantitative estimate of drug-likeness (QED) is 0.576. The molecule has 0 aliphatic carbocycles. The number of aromatic nitrogens is 3. The Labute approximate surface area is 138 Å². The van der Waals surface area contributed by atoms with E-state index in [0.29, 0.717) is 16.0 Å². The molecule has 4 nitrogen and oxygen atoms in total. The second kappa shape index (κ2) is 6.42. The van der Waals surface area contributed by atoms with Crippen LogP contribution in [0.25, 0.3) is 11.4 Å². The molecule has 1 unspecified atom stereocenters. The number of rotatable bonds is 4. The summed E-state index contributed by atoms with van der Waals surface area (Å²) in [6.07, 6.45) is 0. The molecule has 1 aromatic heterocycles. The van der Waals surface area contributed by atoms with Crippen LogP contribution < -0.4 is 5.84 Å². The summed E-state index contributed by atoms with van der Waals surface area (Å²) in [4.78, 5) is 0. The predicted molar refractivity (Wildman–Crippen MR) is 91.3 cm³/mol. The number of benzene rings is 2. The number of thioether (sulfide) groups is 1. The molecule has 0 fully saturated rings. The van der Waals surface area contributed by atoms with Crippen LogP contribution in [0.2, 0.25) is 5.02 Å². The van der Waals surface area contributed by atoms with Gasteiger partial charge in [-0.25, -0.2) is 4.68 Å². The molecule has 1 atom stereocenters. The molecule has 0 saturated heterocycles. The molecule has 22 heavy (non-hydrogen) atoms. The fraction of sp³-hybridized carbons (Fsp3) is 0.125. The zero-order chi connectivity index (χ0) is 15.5. The average Bonchev–Trinajstić information content (AvgIpc) is 2.89. The van der Waals surface area contributed by atoms with Gasteiger partial charge in [-0.3, -0.25) is 0 Å². The average molecular weight is 331 g/mol. The maximum Gasteiger partial charge on any atom is 0.210 e. The molecule has 0 amide bonds. The van der Waals surface area contributed by atoms with Gasteiger partial charge in [-0.05, 0) is 24.6 Å². The van der Waals surface area contributed by atoms with Gasteiger partial charge in [0.05, 0.1) is 0 Å². The second-order valence-corrected chi connectivity index (χ2v) is 6.60. The Bertz CT molecular complexity index is 773. The summed E-state index contributed by atoms with van der Waals surface area (Å²) in [7, 11) is 0. The van der Waals surface area contributed by atoms with Crippen LogP contribution in [0.5, 0.6) is 0 Å². The summed E-state index contributed by atoms with van der Waals surface area (Å²) in [5, 5.41) is 9.93. The van der Waals surface area contributed by atoms with E-state index in [1.165, 1.54) is 10.2 Å². The first-order chi connectivity index (χ1) is 10.6. The number of halogens is 1. The minimum Gasteiger partial charge on any atom is -0.335 e. The molecule has 0 bridgehead atoms. The molecule has 0 aliphatic heterocycles.